The van der Waals surface area contributed by atoms with E-state index in [0.29, 0.717) is 25.1 Å². The van der Waals surface area contributed by atoms with Crippen molar-refractivity contribution in [3.05, 3.63) is 52.2 Å². The molecule has 2 aromatic rings. The van der Waals surface area contributed by atoms with Gasteiger partial charge in [-0.2, -0.15) is 0 Å². The van der Waals surface area contributed by atoms with Gasteiger partial charge in [0, 0.05) is 17.1 Å². The molecule has 3 amide bonds. The van der Waals surface area contributed by atoms with E-state index < -0.39 is 11.9 Å². The van der Waals surface area contributed by atoms with E-state index in [1.807, 2.05) is 17.5 Å². The zero-order valence-corrected chi connectivity index (χ0v) is 15.1. The smallest absolute Gasteiger partial charge is 0.247 e. The number of carbonyl (C=O) groups is 3. The lowest BCUT2D eigenvalue weighted by Crippen LogP contribution is -2.43. The van der Waals surface area contributed by atoms with Crippen LogP contribution in [-0.4, -0.2) is 35.2 Å². The number of hydrogen-bond donors (Lipinski definition) is 2. The summed E-state index contributed by atoms with van der Waals surface area (Å²) < 4.78 is 0. The molecule has 2 heterocycles. The first-order chi connectivity index (χ1) is 12.5. The number of rotatable bonds is 6. The van der Waals surface area contributed by atoms with Gasteiger partial charge in [-0.25, -0.2) is 0 Å². The Balaban J connectivity index is 1.61. The van der Waals surface area contributed by atoms with E-state index in [1.54, 1.807) is 40.5 Å². The maximum atomic E-state index is 12.6. The highest BCUT2D eigenvalue weighted by Crippen LogP contribution is 2.22. The number of likely N-dealkylation sites (tertiary alicyclic amines) is 1. The van der Waals surface area contributed by atoms with Crippen LogP contribution in [-0.2, 0) is 27.2 Å². The van der Waals surface area contributed by atoms with Gasteiger partial charge in [-0.3, -0.25) is 14.4 Å². The van der Waals surface area contributed by atoms with Crippen molar-refractivity contribution in [2.24, 2.45) is 5.73 Å². The van der Waals surface area contributed by atoms with Crippen molar-refractivity contribution in [2.45, 2.75) is 31.7 Å². The minimum atomic E-state index is -0.437. The van der Waals surface area contributed by atoms with Gasteiger partial charge in [-0.05, 0) is 42.0 Å². The zero-order chi connectivity index (χ0) is 18.5. The SMILES string of the molecule is NC(=O)Cc1ccc(NC(=O)C2CCCN2C(=O)Cc2cccs2)cc1. The summed E-state index contributed by atoms with van der Waals surface area (Å²) in [6, 6.07) is 10.4. The van der Waals surface area contributed by atoms with Gasteiger partial charge in [-0.1, -0.05) is 18.2 Å². The van der Waals surface area contributed by atoms with E-state index in [1.165, 1.54) is 0 Å². The summed E-state index contributed by atoms with van der Waals surface area (Å²) in [5, 5.41) is 4.80. The number of primary amides is 1. The molecule has 1 aliphatic rings. The topological polar surface area (TPSA) is 92.5 Å². The van der Waals surface area contributed by atoms with Crippen LogP contribution in [0.3, 0.4) is 0 Å². The summed E-state index contributed by atoms with van der Waals surface area (Å²) in [5.74, 6) is -0.584. The highest BCUT2D eigenvalue weighted by atomic mass is 32.1. The molecule has 6 nitrogen and oxygen atoms in total. The largest absolute Gasteiger partial charge is 0.369 e. The molecule has 0 radical (unpaired) electrons. The van der Waals surface area contributed by atoms with Crippen molar-refractivity contribution in [1.82, 2.24) is 4.90 Å². The van der Waals surface area contributed by atoms with E-state index >= 15 is 0 Å². The van der Waals surface area contributed by atoms with Crippen LogP contribution in [0, 0.1) is 0 Å². The van der Waals surface area contributed by atoms with Crippen LogP contribution in [0.4, 0.5) is 5.69 Å². The molecule has 7 heteroatoms. The summed E-state index contributed by atoms with van der Waals surface area (Å²) >= 11 is 1.55. The molecule has 1 atom stereocenters. The molecule has 0 aliphatic carbocycles. The lowest BCUT2D eigenvalue weighted by molar-refractivity contribution is -0.136. The van der Waals surface area contributed by atoms with Crippen molar-refractivity contribution in [1.29, 1.82) is 0 Å². The van der Waals surface area contributed by atoms with Crippen molar-refractivity contribution in [2.75, 3.05) is 11.9 Å². The van der Waals surface area contributed by atoms with Crippen LogP contribution in [0.15, 0.2) is 41.8 Å². The van der Waals surface area contributed by atoms with E-state index in [2.05, 4.69) is 5.32 Å². The molecule has 1 aliphatic heterocycles. The molecule has 0 bridgehead atoms. The second-order valence-electron chi connectivity index (χ2n) is 6.33. The van der Waals surface area contributed by atoms with E-state index in [-0.39, 0.29) is 18.2 Å². The van der Waals surface area contributed by atoms with Crippen molar-refractivity contribution in [3.8, 4) is 0 Å². The molecule has 0 spiro atoms. The minimum Gasteiger partial charge on any atom is -0.369 e. The Hall–Kier alpha value is -2.67. The fourth-order valence-electron chi connectivity index (χ4n) is 3.13. The van der Waals surface area contributed by atoms with Gasteiger partial charge in [-0.15, -0.1) is 11.3 Å². The Kier molecular flexibility index (Phi) is 5.68. The number of anilines is 1. The van der Waals surface area contributed by atoms with Gasteiger partial charge in [0.15, 0.2) is 0 Å². The van der Waals surface area contributed by atoms with Crippen LogP contribution >= 0.6 is 11.3 Å². The third-order valence-electron chi connectivity index (χ3n) is 4.38. The van der Waals surface area contributed by atoms with Gasteiger partial charge in [0.2, 0.25) is 17.7 Å². The van der Waals surface area contributed by atoms with Crippen LogP contribution in [0.5, 0.6) is 0 Å². The Morgan fingerprint density at radius 1 is 1.15 bits per heavy atom. The molecule has 3 N–H and O–H groups in total. The van der Waals surface area contributed by atoms with Crippen LogP contribution < -0.4 is 11.1 Å². The van der Waals surface area contributed by atoms with Gasteiger partial charge >= 0.3 is 0 Å². The van der Waals surface area contributed by atoms with Gasteiger partial charge < -0.3 is 16.0 Å². The van der Waals surface area contributed by atoms with E-state index in [0.717, 1.165) is 16.9 Å². The Morgan fingerprint density at radius 3 is 2.58 bits per heavy atom. The number of nitrogens with one attached hydrogen (secondary N) is 1. The predicted molar refractivity (Wildman–Crippen MR) is 101 cm³/mol. The quantitative estimate of drug-likeness (QED) is 0.813. The van der Waals surface area contributed by atoms with Gasteiger partial charge in [0.1, 0.15) is 6.04 Å². The van der Waals surface area contributed by atoms with Crippen LogP contribution in [0.1, 0.15) is 23.3 Å². The molecule has 136 valence electrons. The first-order valence-corrected chi connectivity index (χ1v) is 9.41. The number of nitrogens with two attached hydrogens (primary N) is 1. The number of nitrogens with zero attached hydrogens (tertiary/aromatic N) is 1. The molecule has 1 saturated heterocycles. The monoisotopic (exact) mass is 371 g/mol. The second-order valence-corrected chi connectivity index (χ2v) is 7.36. The Labute approximate surface area is 156 Å². The lowest BCUT2D eigenvalue weighted by atomic mass is 10.1. The van der Waals surface area contributed by atoms with Crippen LogP contribution in [0.25, 0.3) is 0 Å². The lowest BCUT2D eigenvalue weighted by Gasteiger charge is -2.24. The van der Waals surface area contributed by atoms with Gasteiger partial charge in [0.25, 0.3) is 0 Å². The molecular weight excluding hydrogens is 350 g/mol. The molecule has 1 unspecified atom stereocenters. The standard InChI is InChI=1S/C19H21N3O3S/c20-17(23)11-13-5-7-14(8-6-13)21-19(25)16-4-1-9-22(16)18(24)12-15-3-2-10-26-15/h2-3,5-8,10,16H,1,4,9,11-12H2,(H2,20,23)(H,21,25). The maximum Gasteiger partial charge on any atom is 0.247 e. The fourth-order valence-corrected chi connectivity index (χ4v) is 3.83. The molecule has 26 heavy (non-hydrogen) atoms. The van der Waals surface area contributed by atoms with Crippen molar-refractivity contribution < 1.29 is 14.4 Å². The number of carbonyl (C=O) groups excluding carboxylic acids is 3. The summed E-state index contributed by atoms with van der Waals surface area (Å²) in [4.78, 5) is 38.8. The highest BCUT2D eigenvalue weighted by Gasteiger charge is 2.34. The predicted octanol–water partition coefficient (Wildman–Crippen LogP) is 1.95. The zero-order valence-electron chi connectivity index (χ0n) is 14.3. The number of benzene rings is 1. The number of thiophene rings is 1. The molecule has 3 rings (SSSR count). The average molecular weight is 371 g/mol. The van der Waals surface area contributed by atoms with Crippen molar-refractivity contribution in [3.63, 3.8) is 0 Å². The first-order valence-electron chi connectivity index (χ1n) is 8.53. The third kappa shape index (κ3) is 4.49. The summed E-state index contributed by atoms with van der Waals surface area (Å²) in [6.07, 6.45) is 2.00. The van der Waals surface area contributed by atoms with Gasteiger partial charge in [0.05, 0.1) is 12.8 Å². The second kappa shape index (κ2) is 8.14. The Bertz CT molecular complexity index is 787. The molecule has 1 aromatic heterocycles. The normalized spacial score (nSPS) is 16.5. The minimum absolute atomic E-state index is 0.0121. The molecule has 1 fully saturated rings. The fraction of sp³-hybridized carbons (Fsp3) is 0.316. The summed E-state index contributed by atoms with van der Waals surface area (Å²) in [5.41, 5.74) is 6.61. The maximum absolute atomic E-state index is 12.6. The van der Waals surface area contributed by atoms with E-state index in [4.69, 9.17) is 5.73 Å². The highest BCUT2D eigenvalue weighted by molar-refractivity contribution is 7.10. The Morgan fingerprint density at radius 2 is 1.92 bits per heavy atom. The summed E-state index contributed by atoms with van der Waals surface area (Å²) in [6.45, 7) is 0.611. The molecular formula is C19H21N3O3S. The third-order valence-corrected chi connectivity index (χ3v) is 5.26. The number of hydrogen-bond acceptors (Lipinski definition) is 4. The summed E-state index contributed by atoms with van der Waals surface area (Å²) in [7, 11) is 0. The van der Waals surface area contributed by atoms with Crippen LogP contribution in [0.2, 0.25) is 0 Å². The molecule has 1 aromatic carbocycles. The van der Waals surface area contributed by atoms with E-state index in [9.17, 15) is 14.4 Å². The first kappa shape index (κ1) is 18.1. The van der Waals surface area contributed by atoms with Crippen molar-refractivity contribution >= 4 is 34.7 Å². The number of amides is 3. The average Bonchev–Trinajstić information content (AvgIpc) is 3.27. The molecule has 0 saturated carbocycles.